The SMILES string of the molecule is CCNC(CC)Cc1nc2ccccc2n1C. The third-order valence-electron chi connectivity index (χ3n) is 3.29. The summed E-state index contributed by atoms with van der Waals surface area (Å²) in [6.45, 7) is 5.38. The fraction of sp³-hybridized carbons (Fsp3) is 0.500. The maximum atomic E-state index is 4.71. The van der Waals surface area contributed by atoms with Gasteiger partial charge in [-0.3, -0.25) is 0 Å². The summed E-state index contributed by atoms with van der Waals surface area (Å²) in [6.07, 6.45) is 2.13. The normalized spacial score (nSPS) is 13.1. The van der Waals surface area contributed by atoms with E-state index in [0.29, 0.717) is 6.04 Å². The number of hydrogen-bond donors (Lipinski definition) is 1. The summed E-state index contributed by atoms with van der Waals surface area (Å²) in [5.41, 5.74) is 2.31. The zero-order chi connectivity index (χ0) is 12.3. The molecule has 1 unspecified atom stereocenters. The van der Waals surface area contributed by atoms with Crippen molar-refractivity contribution in [3.05, 3.63) is 30.1 Å². The fourth-order valence-corrected chi connectivity index (χ4v) is 2.25. The highest BCUT2D eigenvalue weighted by Crippen LogP contribution is 2.15. The van der Waals surface area contributed by atoms with E-state index in [9.17, 15) is 0 Å². The van der Waals surface area contributed by atoms with Gasteiger partial charge in [-0.25, -0.2) is 4.98 Å². The average Bonchev–Trinajstić information content (AvgIpc) is 2.66. The maximum Gasteiger partial charge on any atom is 0.111 e. The van der Waals surface area contributed by atoms with E-state index in [1.807, 2.05) is 6.07 Å². The Balaban J connectivity index is 2.26. The van der Waals surface area contributed by atoms with Crippen molar-refractivity contribution in [1.29, 1.82) is 0 Å². The van der Waals surface area contributed by atoms with Crippen LogP contribution in [0.5, 0.6) is 0 Å². The Labute approximate surface area is 103 Å². The van der Waals surface area contributed by atoms with E-state index in [-0.39, 0.29) is 0 Å². The zero-order valence-corrected chi connectivity index (χ0v) is 10.9. The monoisotopic (exact) mass is 231 g/mol. The van der Waals surface area contributed by atoms with Crippen LogP contribution in [0.2, 0.25) is 0 Å². The van der Waals surface area contributed by atoms with Crippen molar-refractivity contribution in [2.24, 2.45) is 7.05 Å². The molecule has 17 heavy (non-hydrogen) atoms. The van der Waals surface area contributed by atoms with Crippen LogP contribution in [-0.2, 0) is 13.5 Å². The molecule has 0 spiro atoms. The molecule has 0 aliphatic carbocycles. The summed E-state index contributed by atoms with van der Waals surface area (Å²) < 4.78 is 2.20. The first-order chi connectivity index (χ1) is 8.26. The van der Waals surface area contributed by atoms with Crippen LogP contribution < -0.4 is 5.32 Å². The van der Waals surface area contributed by atoms with Crippen LogP contribution in [0.25, 0.3) is 11.0 Å². The van der Waals surface area contributed by atoms with Crippen molar-refractivity contribution >= 4 is 11.0 Å². The molecule has 0 saturated heterocycles. The first kappa shape index (κ1) is 12.1. The van der Waals surface area contributed by atoms with Crippen LogP contribution in [0.1, 0.15) is 26.1 Å². The molecule has 0 fully saturated rings. The molecular weight excluding hydrogens is 210 g/mol. The van der Waals surface area contributed by atoms with Crippen LogP contribution >= 0.6 is 0 Å². The zero-order valence-electron chi connectivity index (χ0n) is 10.9. The highest BCUT2D eigenvalue weighted by Gasteiger charge is 2.12. The lowest BCUT2D eigenvalue weighted by Gasteiger charge is -2.15. The summed E-state index contributed by atoms with van der Waals surface area (Å²) in [5, 5.41) is 3.50. The molecule has 2 aromatic rings. The van der Waals surface area contributed by atoms with Crippen molar-refractivity contribution in [2.75, 3.05) is 6.54 Å². The second kappa shape index (κ2) is 5.32. The molecule has 0 aliphatic heterocycles. The van der Waals surface area contributed by atoms with E-state index >= 15 is 0 Å². The van der Waals surface area contributed by atoms with Gasteiger partial charge in [0.15, 0.2) is 0 Å². The Hall–Kier alpha value is -1.35. The number of aryl methyl sites for hydroxylation is 1. The predicted molar refractivity (Wildman–Crippen MR) is 72.2 cm³/mol. The molecule has 1 aromatic heterocycles. The molecule has 1 heterocycles. The van der Waals surface area contributed by atoms with Crippen LogP contribution in [0, 0.1) is 0 Å². The molecule has 0 amide bonds. The standard InChI is InChI=1S/C14H21N3/c1-4-11(15-5-2)10-14-16-12-8-6-7-9-13(12)17(14)3/h6-9,11,15H,4-5,10H2,1-3H3. The summed E-state index contributed by atoms with van der Waals surface area (Å²) >= 11 is 0. The Kier molecular flexibility index (Phi) is 3.79. The number of likely N-dealkylation sites (N-methyl/N-ethyl adjacent to an activating group) is 1. The van der Waals surface area contributed by atoms with Gasteiger partial charge in [0.1, 0.15) is 5.82 Å². The summed E-state index contributed by atoms with van der Waals surface area (Å²) in [7, 11) is 2.10. The Morgan fingerprint density at radius 1 is 1.29 bits per heavy atom. The van der Waals surface area contributed by atoms with Crippen molar-refractivity contribution in [3.8, 4) is 0 Å². The fourth-order valence-electron chi connectivity index (χ4n) is 2.25. The number of rotatable bonds is 5. The second-order valence-corrected chi connectivity index (χ2v) is 4.44. The van der Waals surface area contributed by atoms with Gasteiger partial charge < -0.3 is 9.88 Å². The minimum absolute atomic E-state index is 0.524. The lowest BCUT2D eigenvalue weighted by molar-refractivity contribution is 0.495. The molecular formula is C14H21N3. The molecule has 2 rings (SSSR count). The minimum Gasteiger partial charge on any atom is -0.331 e. The van der Waals surface area contributed by atoms with Gasteiger partial charge in [0.05, 0.1) is 11.0 Å². The summed E-state index contributed by atoms with van der Waals surface area (Å²) in [4.78, 5) is 4.71. The van der Waals surface area contributed by atoms with Crippen molar-refractivity contribution in [2.45, 2.75) is 32.7 Å². The van der Waals surface area contributed by atoms with Gasteiger partial charge in [-0.1, -0.05) is 26.0 Å². The quantitative estimate of drug-likeness (QED) is 0.857. The Morgan fingerprint density at radius 3 is 2.71 bits per heavy atom. The molecule has 1 atom stereocenters. The second-order valence-electron chi connectivity index (χ2n) is 4.44. The van der Waals surface area contributed by atoms with E-state index in [2.05, 4.69) is 49.0 Å². The van der Waals surface area contributed by atoms with Crippen LogP contribution in [0.3, 0.4) is 0 Å². The third-order valence-corrected chi connectivity index (χ3v) is 3.29. The van der Waals surface area contributed by atoms with Crippen molar-refractivity contribution < 1.29 is 0 Å². The number of benzene rings is 1. The third kappa shape index (κ3) is 2.50. The van der Waals surface area contributed by atoms with Gasteiger partial charge in [-0.15, -0.1) is 0 Å². The molecule has 0 bridgehead atoms. The number of imidazole rings is 1. The molecule has 0 radical (unpaired) electrons. The molecule has 1 N–H and O–H groups in total. The van der Waals surface area contributed by atoms with Crippen molar-refractivity contribution in [3.63, 3.8) is 0 Å². The topological polar surface area (TPSA) is 29.9 Å². The van der Waals surface area contributed by atoms with Crippen LogP contribution in [-0.4, -0.2) is 22.1 Å². The van der Waals surface area contributed by atoms with Gasteiger partial charge in [-0.2, -0.15) is 0 Å². The summed E-state index contributed by atoms with van der Waals surface area (Å²) in [5.74, 6) is 1.17. The number of nitrogens with one attached hydrogen (secondary N) is 1. The van der Waals surface area contributed by atoms with Crippen molar-refractivity contribution in [1.82, 2.24) is 14.9 Å². The number of nitrogens with zero attached hydrogens (tertiary/aromatic N) is 2. The molecule has 1 aromatic carbocycles. The summed E-state index contributed by atoms with van der Waals surface area (Å²) in [6, 6.07) is 8.83. The molecule has 92 valence electrons. The smallest absolute Gasteiger partial charge is 0.111 e. The largest absolute Gasteiger partial charge is 0.331 e. The van der Waals surface area contributed by atoms with Gasteiger partial charge >= 0.3 is 0 Å². The average molecular weight is 231 g/mol. The molecule has 3 nitrogen and oxygen atoms in total. The maximum absolute atomic E-state index is 4.71. The Morgan fingerprint density at radius 2 is 2.06 bits per heavy atom. The van der Waals surface area contributed by atoms with Gasteiger partial charge in [0.2, 0.25) is 0 Å². The van der Waals surface area contributed by atoms with Crippen LogP contribution in [0.4, 0.5) is 0 Å². The molecule has 0 saturated carbocycles. The molecule has 3 heteroatoms. The highest BCUT2D eigenvalue weighted by molar-refractivity contribution is 5.75. The first-order valence-electron chi connectivity index (χ1n) is 6.40. The van der Waals surface area contributed by atoms with E-state index in [1.54, 1.807) is 0 Å². The number of fused-ring (bicyclic) bond motifs is 1. The van der Waals surface area contributed by atoms with Gasteiger partial charge in [0.25, 0.3) is 0 Å². The first-order valence-corrected chi connectivity index (χ1v) is 6.40. The van der Waals surface area contributed by atoms with E-state index in [4.69, 9.17) is 4.98 Å². The lowest BCUT2D eigenvalue weighted by atomic mass is 10.1. The number of para-hydroxylation sites is 2. The van der Waals surface area contributed by atoms with Gasteiger partial charge in [-0.05, 0) is 25.1 Å². The van der Waals surface area contributed by atoms with E-state index in [0.717, 1.165) is 24.9 Å². The van der Waals surface area contributed by atoms with E-state index < -0.39 is 0 Å². The predicted octanol–water partition coefficient (Wildman–Crippen LogP) is 2.50. The lowest BCUT2D eigenvalue weighted by Crippen LogP contribution is -2.31. The number of hydrogen-bond acceptors (Lipinski definition) is 2. The minimum atomic E-state index is 0.524. The molecule has 0 aliphatic rings. The number of aromatic nitrogens is 2. The van der Waals surface area contributed by atoms with E-state index in [1.165, 1.54) is 11.3 Å². The van der Waals surface area contributed by atoms with Gasteiger partial charge in [0, 0.05) is 19.5 Å². The van der Waals surface area contributed by atoms with Crippen LogP contribution in [0.15, 0.2) is 24.3 Å². The highest BCUT2D eigenvalue weighted by atomic mass is 15.1. The Bertz CT molecular complexity index is 487.